The molecule has 4 rings (SSSR count). The number of urea groups is 1. The third-order valence-corrected chi connectivity index (χ3v) is 7.04. The lowest BCUT2D eigenvalue weighted by Gasteiger charge is -2.26. The van der Waals surface area contributed by atoms with Gasteiger partial charge < -0.3 is 13.7 Å². The number of benzene rings is 3. The Morgan fingerprint density at radius 3 is 2.22 bits per heavy atom. The van der Waals surface area contributed by atoms with Gasteiger partial charge in [-0.05, 0) is 76.1 Å². The van der Waals surface area contributed by atoms with Crippen LogP contribution in [-0.4, -0.2) is 40.5 Å². The quantitative estimate of drug-likeness (QED) is 0.251. The summed E-state index contributed by atoms with van der Waals surface area (Å²) in [5.41, 5.74) is 0.209. The number of methoxy groups -OCH3 is 2. The van der Waals surface area contributed by atoms with Crippen molar-refractivity contribution in [1.29, 1.82) is 0 Å². The normalized spacial score (nSPS) is 14.9. The minimum Gasteiger partial charge on any atom is -0.497 e. The molecule has 190 valence electrons. The summed E-state index contributed by atoms with van der Waals surface area (Å²) < 4.78 is 41.3. The van der Waals surface area contributed by atoms with Crippen LogP contribution >= 0.6 is 15.9 Å². The first kappa shape index (κ1) is 25.9. The van der Waals surface area contributed by atoms with Crippen molar-refractivity contribution < 1.29 is 36.5 Å². The summed E-state index contributed by atoms with van der Waals surface area (Å²) >= 11 is 3.27. The molecule has 0 unspecified atom stereocenters. The Kier molecular flexibility index (Phi) is 7.32. The van der Waals surface area contributed by atoms with Crippen LogP contribution in [0.5, 0.6) is 17.2 Å². The summed E-state index contributed by atoms with van der Waals surface area (Å²) in [5, 5.41) is 2.14. The van der Waals surface area contributed by atoms with Crippen molar-refractivity contribution in [2.75, 3.05) is 19.1 Å². The largest absolute Gasteiger partial charge is 0.497 e. The van der Waals surface area contributed by atoms with Crippen molar-refractivity contribution in [3.63, 3.8) is 0 Å². The lowest BCUT2D eigenvalue weighted by Crippen LogP contribution is -2.54. The SMILES string of the molecule is COc1ccc(N2C(=O)NC(=O)/C(=C\c3cc(Br)c(OS(=O)(=O)c4ccccc4)c(OC)c3)C2=O)cc1. The van der Waals surface area contributed by atoms with E-state index in [1.165, 1.54) is 56.7 Å². The van der Waals surface area contributed by atoms with Crippen LogP contribution in [0.4, 0.5) is 10.5 Å². The van der Waals surface area contributed by atoms with Crippen molar-refractivity contribution in [3.05, 3.63) is 82.3 Å². The summed E-state index contributed by atoms with van der Waals surface area (Å²) in [4.78, 5) is 38.9. The highest BCUT2D eigenvalue weighted by molar-refractivity contribution is 9.10. The van der Waals surface area contributed by atoms with E-state index < -0.39 is 28.0 Å². The number of amides is 4. The van der Waals surface area contributed by atoms with Gasteiger partial charge >= 0.3 is 16.1 Å². The van der Waals surface area contributed by atoms with E-state index in [-0.39, 0.29) is 32.1 Å². The zero-order valence-corrected chi connectivity index (χ0v) is 21.8. The molecule has 1 aliphatic rings. The van der Waals surface area contributed by atoms with Gasteiger partial charge in [-0.15, -0.1) is 0 Å². The van der Waals surface area contributed by atoms with Gasteiger partial charge in [-0.25, -0.2) is 9.69 Å². The van der Waals surface area contributed by atoms with Crippen molar-refractivity contribution in [2.24, 2.45) is 0 Å². The highest BCUT2D eigenvalue weighted by Crippen LogP contribution is 2.39. The molecule has 0 saturated carbocycles. The number of nitrogens with one attached hydrogen (secondary N) is 1. The highest BCUT2D eigenvalue weighted by Gasteiger charge is 2.37. The van der Waals surface area contributed by atoms with E-state index in [1.807, 2.05) is 0 Å². The Morgan fingerprint density at radius 1 is 0.919 bits per heavy atom. The molecule has 12 heteroatoms. The zero-order chi connectivity index (χ0) is 26.7. The molecule has 0 bridgehead atoms. The lowest BCUT2D eigenvalue weighted by molar-refractivity contribution is -0.122. The lowest BCUT2D eigenvalue weighted by atomic mass is 10.1. The average Bonchev–Trinajstić information content (AvgIpc) is 2.88. The molecule has 10 nitrogen and oxygen atoms in total. The number of carbonyl (C=O) groups is 3. The number of hydrogen-bond acceptors (Lipinski definition) is 8. The number of nitrogens with zero attached hydrogens (tertiary/aromatic N) is 1. The molecule has 0 aromatic heterocycles. The maximum Gasteiger partial charge on any atom is 0.339 e. The Labute approximate surface area is 220 Å². The van der Waals surface area contributed by atoms with Crippen LogP contribution in [0.3, 0.4) is 0 Å². The molecule has 1 heterocycles. The highest BCUT2D eigenvalue weighted by atomic mass is 79.9. The fraction of sp³-hybridized carbons (Fsp3) is 0.0800. The van der Waals surface area contributed by atoms with E-state index >= 15 is 0 Å². The summed E-state index contributed by atoms with van der Waals surface area (Å²) in [6.07, 6.45) is 1.25. The van der Waals surface area contributed by atoms with E-state index in [0.29, 0.717) is 11.3 Å². The van der Waals surface area contributed by atoms with Crippen molar-refractivity contribution in [3.8, 4) is 17.2 Å². The van der Waals surface area contributed by atoms with Gasteiger partial charge in [0.1, 0.15) is 16.2 Å². The Bertz CT molecular complexity index is 1520. The molecule has 0 radical (unpaired) electrons. The van der Waals surface area contributed by atoms with Crippen LogP contribution in [0.15, 0.2) is 81.7 Å². The van der Waals surface area contributed by atoms with Gasteiger partial charge in [0.15, 0.2) is 11.5 Å². The fourth-order valence-electron chi connectivity index (χ4n) is 3.44. The van der Waals surface area contributed by atoms with E-state index in [2.05, 4.69) is 21.2 Å². The Hall–Kier alpha value is -4.16. The van der Waals surface area contributed by atoms with E-state index in [0.717, 1.165) is 4.90 Å². The van der Waals surface area contributed by atoms with Gasteiger partial charge in [-0.3, -0.25) is 14.9 Å². The monoisotopic (exact) mass is 586 g/mol. The molecule has 3 aromatic carbocycles. The third-order valence-electron chi connectivity index (χ3n) is 5.22. The maximum atomic E-state index is 13.2. The van der Waals surface area contributed by atoms with E-state index in [9.17, 15) is 22.8 Å². The topological polar surface area (TPSA) is 128 Å². The number of ether oxygens (including phenoxy) is 2. The van der Waals surface area contributed by atoms with Crippen LogP contribution in [0, 0.1) is 0 Å². The molecular formula is C25H19BrN2O8S. The molecule has 1 N–H and O–H groups in total. The van der Waals surface area contributed by atoms with Crippen LogP contribution < -0.4 is 23.9 Å². The molecule has 1 aliphatic heterocycles. The van der Waals surface area contributed by atoms with E-state index in [1.54, 1.807) is 30.3 Å². The second-order valence-corrected chi connectivity index (χ2v) is 9.94. The Morgan fingerprint density at radius 2 is 1.59 bits per heavy atom. The number of rotatable bonds is 7. The minimum absolute atomic E-state index is 0.0208. The fourth-order valence-corrected chi connectivity index (χ4v) is 5.06. The first-order valence-electron chi connectivity index (χ1n) is 10.6. The number of carbonyl (C=O) groups excluding carboxylic acids is 3. The summed E-state index contributed by atoms with van der Waals surface area (Å²) in [6.45, 7) is 0. The summed E-state index contributed by atoms with van der Waals surface area (Å²) in [5.74, 6) is -1.31. The van der Waals surface area contributed by atoms with Crippen LogP contribution in [0.1, 0.15) is 5.56 Å². The predicted octanol–water partition coefficient (Wildman–Crippen LogP) is 3.90. The second kappa shape index (κ2) is 10.4. The van der Waals surface area contributed by atoms with Crippen LogP contribution in [-0.2, 0) is 19.7 Å². The average molecular weight is 587 g/mol. The predicted molar refractivity (Wildman–Crippen MR) is 137 cm³/mol. The van der Waals surface area contributed by atoms with Gasteiger partial charge in [-0.2, -0.15) is 8.42 Å². The molecular weight excluding hydrogens is 568 g/mol. The maximum absolute atomic E-state index is 13.2. The van der Waals surface area contributed by atoms with Crippen molar-refractivity contribution in [2.45, 2.75) is 4.90 Å². The van der Waals surface area contributed by atoms with E-state index in [4.69, 9.17) is 13.7 Å². The molecule has 1 saturated heterocycles. The van der Waals surface area contributed by atoms with Gasteiger partial charge in [0.05, 0.1) is 24.4 Å². The number of barbiturate groups is 1. The number of imide groups is 2. The van der Waals surface area contributed by atoms with Crippen molar-refractivity contribution >= 4 is 55.7 Å². The number of halogens is 1. The molecule has 37 heavy (non-hydrogen) atoms. The van der Waals surface area contributed by atoms with Gasteiger partial charge in [-0.1, -0.05) is 18.2 Å². The molecule has 0 atom stereocenters. The second-order valence-electron chi connectivity index (χ2n) is 7.54. The standard InChI is InChI=1S/C25H19BrN2O8S/c1-34-17-10-8-16(9-11-17)28-24(30)19(23(29)27-25(28)31)12-15-13-20(26)22(21(14-15)35-2)36-37(32,33)18-6-4-3-5-7-18/h3-14H,1-2H3,(H,27,29,31)/b19-12+. The Balaban J connectivity index is 1.69. The first-order chi connectivity index (χ1) is 17.6. The summed E-state index contributed by atoms with van der Waals surface area (Å²) in [6, 6.07) is 15.6. The molecule has 0 aliphatic carbocycles. The van der Waals surface area contributed by atoms with Crippen molar-refractivity contribution in [1.82, 2.24) is 5.32 Å². The van der Waals surface area contributed by atoms with Crippen LogP contribution in [0.2, 0.25) is 0 Å². The van der Waals surface area contributed by atoms with Gasteiger partial charge in [0.2, 0.25) is 0 Å². The number of hydrogen-bond donors (Lipinski definition) is 1. The third kappa shape index (κ3) is 5.34. The van der Waals surface area contributed by atoms with Gasteiger partial charge in [0, 0.05) is 0 Å². The first-order valence-corrected chi connectivity index (χ1v) is 12.8. The summed E-state index contributed by atoms with van der Waals surface area (Å²) in [7, 11) is -1.38. The smallest absolute Gasteiger partial charge is 0.339 e. The molecule has 1 fully saturated rings. The van der Waals surface area contributed by atoms with Crippen LogP contribution in [0.25, 0.3) is 6.08 Å². The minimum atomic E-state index is -4.17. The molecule has 0 spiro atoms. The molecule has 4 amide bonds. The van der Waals surface area contributed by atoms with Gasteiger partial charge in [0.25, 0.3) is 11.8 Å². The molecule has 3 aromatic rings. The zero-order valence-electron chi connectivity index (χ0n) is 19.4. The number of anilines is 1.